The highest BCUT2D eigenvalue weighted by Gasteiger charge is 2.43. The Morgan fingerprint density at radius 1 is 1.71 bits per heavy atom. The van der Waals surface area contributed by atoms with Crippen molar-refractivity contribution in [2.75, 3.05) is 6.61 Å². The van der Waals surface area contributed by atoms with Crippen LogP contribution in [0.4, 0.5) is 0 Å². The van der Waals surface area contributed by atoms with E-state index < -0.39 is 12.0 Å². The smallest absolute Gasteiger partial charge is 0.257 e. The average molecular weight is 198 g/mol. The van der Waals surface area contributed by atoms with Gasteiger partial charge in [-0.15, -0.1) is 0 Å². The number of rotatable bonds is 1. The lowest BCUT2D eigenvalue weighted by Gasteiger charge is -2.43. The second-order valence-corrected chi connectivity index (χ2v) is 3.32. The highest BCUT2D eigenvalue weighted by molar-refractivity contribution is 5.71. The number of hydrazine groups is 1. The molecule has 2 unspecified atom stereocenters. The Bertz CT molecular complexity index is 268. The minimum atomic E-state index is -1.26. The van der Waals surface area contributed by atoms with Crippen LogP contribution in [0.25, 0.3) is 0 Å². The molecule has 6 heteroatoms. The Hall–Kier alpha value is -1.11. The van der Waals surface area contributed by atoms with Crippen molar-refractivity contribution in [3.05, 3.63) is 12.3 Å². The number of ether oxygens (including phenoxy) is 1. The molecule has 0 saturated carbocycles. The zero-order valence-corrected chi connectivity index (χ0v) is 7.76. The Morgan fingerprint density at radius 2 is 2.57 bits per heavy atom. The molecule has 0 aromatic carbocycles. The van der Waals surface area contributed by atoms with Crippen LogP contribution in [0, 0.1) is 0 Å². The van der Waals surface area contributed by atoms with E-state index in [9.17, 15) is 5.11 Å². The van der Waals surface area contributed by atoms with Crippen molar-refractivity contribution in [3.63, 3.8) is 0 Å². The molecular formula is C8H14N4O2. The summed E-state index contributed by atoms with van der Waals surface area (Å²) in [7, 11) is 0. The third kappa shape index (κ3) is 1.47. The molecule has 14 heavy (non-hydrogen) atoms. The molecule has 0 aromatic rings. The topological polar surface area (TPSA) is 83.1 Å². The quantitative estimate of drug-likeness (QED) is 0.508. The second kappa shape index (κ2) is 3.56. The van der Waals surface area contributed by atoms with Gasteiger partial charge in [0.15, 0.2) is 0 Å². The van der Waals surface area contributed by atoms with Gasteiger partial charge in [0.1, 0.15) is 6.10 Å². The van der Waals surface area contributed by atoms with Crippen molar-refractivity contribution < 1.29 is 9.84 Å². The maximum absolute atomic E-state index is 9.75. The Balaban J connectivity index is 2.12. The maximum Gasteiger partial charge on any atom is 0.257 e. The molecule has 2 atom stereocenters. The van der Waals surface area contributed by atoms with E-state index in [2.05, 4.69) is 10.5 Å². The largest absolute Gasteiger partial charge is 0.386 e. The van der Waals surface area contributed by atoms with Gasteiger partial charge in [-0.2, -0.15) is 10.2 Å². The molecule has 1 saturated heterocycles. The summed E-state index contributed by atoms with van der Waals surface area (Å²) in [6.07, 6.45) is 5.67. The summed E-state index contributed by atoms with van der Waals surface area (Å²) in [6, 6.07) is 0. The average Bonchev–Trinajstić information content (AvgIpc) is 2.24. The van der Waals surface area contributed by atoms with E-state index in [0.29, 0.717) is 13.0 Å². The molecular weight excluding hydrogens is 184 g/mol. The third-order valence-electron chi connectivity index (χ3n) is 2.32. The summed E-state index contributed by atoms with van der Waals surface area (Å²) < 4.78 is 5.36. The van der Waals surface area contributed by atoms with Crippen molar-refractivity contribution in [2.45, 2.75) is 24.8 Å². The van der Waals surface area contributed by atoms with Crippen LogP contribution >= 0.6 is 0 Å². The number of allylic oxidation sites excluding steroid dienone is 1. The van der Waals surface area contributed by atoms with E-state index in [1.807, 2.05) is 0 Å². The fraction of sp³-hybridized carbons (Fsp3) is 0.625. The number of hydrogen-bond acceptors (Lipinski definition) is 6. The minimum absolute atomic E-state index is 0.533. The van der Waals surface area contributed by atoms with Crippen LogP contribution in [0.1, 0.15) is 12.8 Å². The van der Waals surface area contributed by atoms with Gasteiger partial charge in [0.25, 0.3) is 5.85 Å². The monoisotopic (exact) mass is 198 g/mol. The standard InChI is InChI=1S/C8H14N4O2/c9-8(7(13)3-1-6-14-8)12-10-4-2-5-11-12/h2,4-5,7,10,13H,1,3,6,9H2. The number of aliphatic hydroxyl groups excluding tert-OH is 1. The van der Waals surface area contributed by atoms with Gasteiger partial charge >= 0.3 is 0 Å². The van der Waals surface area contributed by atoms with Crippen LogP contribution in [0.2, 0.25) is 0 Å². The lowest BCUT2D eigenvalue weighted by Crippen LogP contribution is -2.68. The summed E-state index contributed by atoms with van der Waals surface area (Å²) in [5.74, 6) is -1.26. The van der Waals surface area contributed by atoms with Crippen LogP contribution in [0.5, 0.6) is 0 Å². The van der Waals surface area contributed by atoms with E-state index >= 15 is 0 Å². The first-order valence-electron chi connectivity index (χ1n) is 4.60. The number of hydrogen-bond donors (Lipinski definition) is 3. The molecule has 2 aliphatic heterocycles. The van der Waals surface area contributed by atoms with Crippen molar-refractivity contribution in [2.24, 2.45) is 10.8 Å². The molecule has 0 aromatic heterocycles. The first kappa shape index (κ1) is 9.45. The second-order valence-electron chi connectivity index (χ2n) is 3.32. The van der Waals surface area contributed by atoms with Crippen molar-refractivity contribution in [1.82, 2.24) is 10.5 Å². The van der Waals surface area contributed by atoms with Crippen molar-refractivity contribution in [3.8, 4) is 0 Å². The van der Waals surface area contributed by atoms with Gasteiger partial charge in [-0.3, -0.25) is 11.2 Å². The number of aliphatic hydroxyl groups is 1. The van der Waals surface area contributed by atoms with Crippen LogP contribution in [-0.2, 0) is 4.74 Å². The summed E-state index contributed by atoms with van der Waals surface area (Å²) >= 11 is 0. The number of nitrogens with one attached hydrogen (secondary N) is 1. The molecule has 78 valence electrons. The van der Waals surface area contributed by atoms with Gasteiger partial charge in [0.05, 0.1) is 12.8 Å². The molecule has 6 nitrogen and oxygen atoms in total. The third-order valence-corrected chi connectivity index (χ3v) is 2.32. The van der Waals surface area contributed by atoms with Gasteiger partial charge in [-0.05, 0) is 18.9 Å². The molecule has 0 radical (unpaired) electrons. The van der Waals surface area contributed by atoms with Gasteiger partial charge < -0.3 is 9.84 Å². The van der Waals surface area contributed by atoms with Crippen molar-refractivity contribution >= 4 is 6.21 Å². The summed E-state index contributed by atoms with van der Waals surface area (Å²) in [5.41, 5.74) is 8.73. The number of nitrogens with two attached hydrogens (primary N) is 1. The molecule has 0 amide bonds. The highest BCUT2D eigenvalue weighted by atomic mass is 16.6. The predicted octanol–water partition coefficient (Wildman–Crippen LogP) is -0.910. The van der Waals surface area contributed by atoms with Crippen LogP contribution in [0.15, 0.2) is 17.4 Å². The normalized spacial score (nSPS) is 37.0. The van der Waals surface area contributed by atoms with E-state index in [4.69, 9.17) is 10.5 Å². The Kier molecular flexibility index (Phi) is 2.40. The fourth-order valence-corrected chi connectivity index (χ4v) is 1.50. The molecule has 0 spiro atoms. The zero-order valence-electron chi connectivity index (χ0n) is 7.76. The lowest BCUT2D eigenvalue weighted by atomic mass is 10.1. The molecule has 1 fully saturated rings. The molecule has 2 heterocycles. The predicted molar refractivity (Wildman–Crippen MR) is 50.7 cm³/mol. The SMILES string of the molecule is NC1(N2N=CC=CN2)OCCCC1O. The van der Waals surface area contributed by atoms with Crippen LogP contribution in [-0.4, -0.2) is 35.0 Å². The van der Waals surface area contributed by atoms with Gasteiger partial charge in [0, 0.05) is 6.20 Å². The first-order chi connectivity index (χ1) is 6.73. The minimum Gasteiger partial charge on any atom is -0.386 e. The molecule has 0 aliphatic carbocycles. The van der Waals surface area contributed by atoms with Gasteiger partial charge in [-0.1, -0.05) is 0 Å². The molecule has 4 N–H and O–H groups in total. The number of nitrogens with zero attached hydrogens (tertiary/aromatic N) is 2. The van der Waals surface area contributed by atoms with E-state index in [0.717, 1.165) is 6.42 Å². The Morgan fingerprint density at radius 3 is 3.21 bits per heavy atom. The Labute approximate surface area is 82.0 Å². The van der Waals surface area contributed by atoms with Gasteiger partial charge in [0.2, 0.25) is 0 Å². The summed E-state index contributed by atoms with van der Waals surface area (Å²) in [4.78, 5) is 0. The fourth-order valence-electron chi connectivity index (χ4n) is 1.50. The van der Waals surface area contributed by atoms with E-state index in [1.165, 1.54) is 5.12 Å². The first-order valence-corrected chi connectivity index (χ1v) is 4.60. The lowest BCUT2D eigenvalue weighted by molar-refractivity contribution is -0.244. The van der Waals surface area contributed by atoms with E-state index in [1.54, 1.807) is 18.5 Å². The van der Waals surface area contributed by atoms with E-state index in [-0.39, 0.29) is 0 Å². The zero-order chi connectivity index (χ0) is 10.0. The summed E-state index contributed by atoms with van der Waals surface area (Å²) in [5, 5.41) is 15.1. The highest BCUT2D eigenvalue weighted by Crippen LogP contribution is 2.23. The maximum atomic E-state index is 9.75. The molecule has 2 aliphatic rings. The van der Waals surface area contributed by atoms with Gasteiger partial charge in [-0.25, -0.2) is 0 Å². The number of hydrazone groups is 1. The molecule has 0 bridgehead atoms. The van der Waals surface area contributed by atoms with Crippen LogP contribution in [0.3, 0.4) is 0 Å². The molecule has 2 rings (SSSR count). The summed E-state index contributed by atoms with van der Waals surface area (Å²) in [6.45, 7) is 0.533. The van der Waals surface area contributed by atoms with Crippen molar-refractivity contribution in [1.29, 1.82) is 0 Å². The van der Waals surface area contributed by atoms with Crippen LogP contribution < -0.4 is 11.2 Å².